The van der Waals surface area contributed by atoms with Crippen LogP contribution in [-0.4, -0.2) is 4.98 Å². The van der Waals surface area contributed by atoms with Gasteiger partial charge in [0.2, 0.25) is 5.88 Å². The van der Waals surface area contributed by atoms with Crippen LogP contribution in [0, 0.1) is 0 Å². The number of nitrogens with zero attached hydrogens (tertiary/aromatic N) is 1. The van der Waals surface area contributed by atoms with Gasteiger partial charge in [0.25, 0.3) is 0 Å². The number of hydrogen-bond acceptors (Lipinski definition) is 2. The lowest BCUT2D eigenvalue weighted by Crippen LogP contribution is -1.92. The summed E-state index contributed by atoms with van der Waals surface area (Å²) in [4.78, 5) is 4.18. The number of benzene rings is 1. The van der Waals surface area contributed by atoms with Crippen LogP contribution in [0.2, 0.25) is 0 Å². The van der Waals surface area contributed by atoms with E-state index in [-0.39, 0.29) is 0 Å². The Labute approximate surface area is 106 Å². The molecule has 0 bridgehead atoms. The Morgan fingerprint density at radius 1 is 1.18 bits per heavy atom. The summed E-state index contributed by atoms with van der Waals surface area (Å²) in [7, 11) is 0. The molecular formula is C14H14ClNO. The summed E-state index contributed by atoms with van der Waals surface area (Å²) in [5, 5.41) is 0. The molecular weight excluding hydrogens is 234 g/mol. The van der Waals surface area contributed by atoms with Gasteiger partial charge in [-0.2, -0.15) is 0 Å². The number of aromatic nitrogens is 1. The Morgan fingerprint density at radius 2 is 1.94 bits per heavy atom. The molecule has 0 spiro atoms. The van der Waals surface area contributed by atoms with Crippen molar-refractivity contribution in [3.05, 3.63) is 53.7 Å². The molecule has 1 aromatic carbocycles. The monoisotopic (exact) mass is 247 g/mol. The van der Waals surface area contributed by atoms with Gasteiger partial charge in [-0.15, -0.1) is 11.6 Å². The molecule has 0 aliphatic rings. The maximum absolute atomic E-state index is 5.83. The van der Waals surface area contributed by atoms with Gasteiger partial charge in [0.15, 0.2) is 0 Å². The normalized spacial score (nSPS) is 10.2. The number of aryl methyl sites for hydroxylation is 1. The number of pyridine rings is 1. The van der Waals surface area contributed by atoms with Crippen LogP contribution >= 0.6 is 11.6 Å². The fourth-order valence-electron chi connectivity index (χ4n) is 1.52. The van der Waals surface area contributed by atoms with E-state index in [1.165, 1.54) is 5.56 Å². The van der Waals surface area contributed by atoms with Crippen molar-refractivity contribution < 1.29 is 4.74 Å². The topological polar surface area (TPSA) is 22.1 Å². The van der Waals surface area contributed by atoms with Crippen LogP contribution in [0.15, 0.2) is 42.6 Å². The van der Waals surface area contributed by atoms with Gasteiger partial charge in [0, 0.05) is 11.8 Å². The minimum Gasteiger partial charge on any atom is -0.439 e. The Bertz CT molecular complexity index is 482. The smallest absolute Gasteiger partial charge is 0.223 e. The van der Waals surface area contributed by atoms with Crippen molar-refractivity contribution in [1.82, 2.24) is 4.98 Å². The second-order valence-corrected chi connectivity index (χ2v) is 3.97. The highest BCUT2D eigenvalue weighted by atomic mass is 35.5. The molecule has 0 aliphatic carbocycles. The van der Waals surface area contributed by atoms with Gasteiger partial charge in [-0.3, -0.25) is 0 Å². The molecule has 1 aromatic heterocycles. The number of rotatable bonds is 4. The first-order valence-corrected chi connectivity index (χ1v) is 6.13. The van der Waals surface area contributed by atoms with E-state index in [9.17, 15) is 0 Å². The van der Waals surface area contributed by atoms with Crippen LogP contribution in [0.25, 0.3) is 0 Å². The average Bonchev–Trinajstić information content (AvgIpc) is 2.40. The predicted octanol–water partition coefficient (Wildman–Crippen LogP) is 4.18. The van der Waals surface area contributed by atoms with E-state index in [2.05, 4.69) is 24.0 Å². The van der Waals surface area contributed by atoms with Gasteiger partial charge >= 0.3 is 0 Å². The number of halogens is 1. The fraction of sp³-hybridized carbons (Fsp3) is 0.214. The lowest BCUT2D eigenvalue weighted by molar-refractivity contribution is 0.458. The van der Waals surface area contributed by atoms with E-state index in [4.69, 9.17) is 16.3 Å². The van der Waals surface area contributed by atoms with Crippen molar-refractivity contribution >= 4 is 11.6 Å². The summed E-state index contributed by atoms with van der Waals surface area (Å²) in [5.41, 5.74) is 2.18. The third-order valence-electron chi connectivity index (χ3n) is 2.54. The van der Waals surface area contributed by atoms with Gasteiger partial charge in [-0.05, 0) is 30.2 Å². The van der Waals surface area contributed by atoms with Crippen LogP contribution in [0.1, 0.15) is 18.1 Å². The highest BCUT2D eigenvalue weighted by Crippen LogP contribution is 2.24. The number of hydrogen-bond donors (Lipinski definition) is 0. The highest BCUT2D eigenvalue weighted by Gasteiger charge is 2.04. The largest absolute Gasteiger partial charge is 0.439 e. The minimum atomic E-state index is 0.399. The van der Waals surface area contributed by atoms with E-state index < -0.39 is 0 Å². The SMILES string of the molecule is CCc1ccc(Oc2ncccc2CCl)cc1. The first-order chi connectivity index (χ1) is 8.33. The molecule has 2 rings (SSSR count). The predicted molar refractivity (Wildman–Crippen MR) is 69.7 cm³/mol. The highest BCUT2D eigenvalue weighted by molar-refractivity contribution is 6.17. The van der Waals surface area contributed by atoms with E-state index in [1.807, 2.05) is 24.3 Å². The summed E-state index contributed by atoms with van der Waals surface area (Å²) >= 11 is 5.83. The Kier molecular flexibility index (Phi) is 3.99. The van der Waals surface area contributed by atoms with Crippen molar-refractivity contribution in [2.45, 2.75) is 19.2 Å². The van der Waals surface area contributed by atoms with Crippen molar-refractivity contribution in [3.8, 4) is 11.6 Å². The maximum atomic E-state index is 5.83. The van der Waals surface area contributed by atoms with Crippen molar-refractivity contribution in [3.63, 3.8) is 0 Å². The van der Waals surface area contributed by atoms with Crippen LogP contribution < -0.4 is 4.74 Å². The standard InChI is InChI=1S/C14H14ClNO/c1-2-11-5-7-13(8-6-11)17-14-12(10-15)4-3-9-16-14/h3-9H,2,10H2,1H3. The molecule has 0 aliphatic heterocycles. The molecule has 0 fully saturated rings. The summed E-state index contributed by atoms with van der Waals surface area (Å²) in [5.74, 6) is 1.76. The molecule has 0 radical (unpaired) electrons. The van der Waals surface area contributed by atoms with Gasteiger partial charge in [0.05, 0.1) is 5.88 Å². The lowest BCUT2D eigenvalue weighted by Gasteiger charge is -2.08. The Morgan fingerprint density at radius 3 is 2.59 bits per heavy atom. The third kappa shape index (κ3) is 2.98. The van der Waals surface area contributed by atoms with Crippen LogP contribution in [-0.2, 0) is 12.3 Å². The number of ether oxygens (including phenoxy) is 1. The summed E-state index contributed by atoms with van der Waals surface area (Å²) in [6.45, 7) is 2.13. The van der Waals surface area contributed by atoms with E-state index in [0.29, 0.717) is 11.8 Å². The Hall–Kier alpha value is -1.54. The molecule has 3 heteroatoms. The molecule has 0 N–H and O–H groups in total. The first kappa shape index (κ1) is 11.9. The summed E-state index contributed by atoms with van der Waals surface area (Å²) < 4.78 is 5.70. The number of alkyl halides is 1. The average molecular weight is 248 g/mol. The Balaban J connectivity index is 2.19. The summed E-state index contributed by atoms with van der Waals surface area (Å²) in [6, 6.07) is 11.8. The maximum Gasteiger partial charge on any atom is 0.223 e. The molecule has 0 saturated heterocycles. The van der Waals surface area contributed by atoms with Gasteiger partial charge in [0.1, 0.15) is 5.75 Å². The molecule has 0 saturated carbocycles. The van der Waals surface area contributed by atoms with E-state index in [0.717, 1.165) is 17.7 Å². The van der Waals surface area contributed by atoms with E-state index in [1.54, 1.807) is 6.20 Å². The van der Waals surface area contributed by atoms with Crippen LogP contribution in [0.4, 0.5) is 0 Å². The molecule has 0 atom stereocenters. The second-order valence-electron chi connectivity index (χ2n) is 3.70. The van der Waals surface area contributed by atoms with E-state index >= 15 is 0 Å². The van der Waals surface area contributed by atoms with Crippen LogP contribution in [0.3, 0.4) is 0 Å². The zero-order chi connectivity index (χ0) is 12.1. The summed E-state index contributed by atoms with van der Waals surface area (Å²) in [6.07, 6.45) is 2.72. The van der Waals surface area contributed by atoms with Gasteiger partial charge < -0.3 is 4.74 Å². The molecule has 1 heterocycles. The zero-order valence-electron chi connectivity index (χ0n) is 9.69. The molecule has 2 nitrogen and oxygen atoms in total. The lowest BCUT2D eigenvalue weighted by atomic mass is 10.2. The zero-order valence-corrected chi connectivity index (χ0v) is 10.4. The van der Waals surface area contributed by atoms with Crippen molar-refractivity contribution in [2.24, 2.45) is 0 Å². The van der Waals surface area contributed by atoms with Crippen molar-refractivity contribution in [1.29, 1.82) is 0 Å². The minimum absolute atomic E-state index is 0.399. The van der Waals surface area contributed by atoms with Gasteiger partial charge in [-0.25, -0.2) is 4.98 Å². The van der Waals surface area contributed by atoms with Crippen molar-refractivity contribution in [2.75, 3.05) is 0 Å². The molecule has 0 amide bonds. The molecule has 17 heavy (non-hydrogen) atoms. The second kappa shape index (κ2) is 5.69. The molecule has 0 unspecified atom stereocenters. The molecule has 88 valence electrons. The quantitative estimate of drug-likeness (QED) is 0.757. The first-order valence-electron chi connectivity index (χ1n) is 5.60. The van der Waals surface area contributed by atoms with Gasteiger partial charge in [-0.1, -0.05) is 25.1 Å². The third-order valence-corrected chi connectivity index (χ3v) is 2.83. The fourth-order valence-corrected chi connectivity index (χ4v) is 1.73. The molecule has 2 aromatic rings. The van der Waals surface area contributed by atoms with Crippen LogP contribution in [0.5, 0.6) is 11.6 Å².